The van der Waals surface area contributed by atoms with Gasteiger partial charge >= 0.3 is 5.97 Å². The minimum absolute atomic E-state index is 0.00407. The van der Waals surface area contributed by atoms with E-state index >= 15 is 0 Å². The van der Waals surface area contributed by atoms with Crippen molar-refractivity contribution >= 4 is 16.0 Å². The molecule has 112 valence electrons. The van der Waals surface area contributed by atoms with E-state index in [2.05, 4.69) is 16.7 Å². The number of carboxylic acids is 1. The first-order chi connectivity index (χ1) is 9.38. The molecule has 1 saturated carbocycles. The average molecular weight is 301 g/mol. The van der Waals surface area contributed by atoms with Crippen LogP contribution >= 0.6 is 0 Å². The van der Waals surface area contributed by atoms with Crippen molar-refractivity contribution in [3.05, 3.63) is 12.4 Å². The van der Waals surface area contributed by atoms with E-state index in [1.807, 2.05) is 0 Å². The number of aromatic nitrogens is 2. The molecule has 2 N–H and O–H groups in total. The fourth-order valence-electron chi connectivity index (χ4n) is 2.53. The number of carboxylic acid groups (broad SMARTS) is 1. The Hall–Kier alpha value is -1.41. The zero-order valence-corrected chi connectivity index (χ0v) is 12.1. The molecule has 20 heavy (non-hydrogen) atoms. The molecule has 0 spiro atoms. The van der Waals surface area contributed by atoms with Crippen molar-refractivity contribution in [3.63, 3.8) is 0 Å². The summed E-state index contributed by atoms with van der Waals surface area (Å²) in [6, 6.07) is 0. The number of rotatable bonds is 6. The van der Waals surface area contributed by atoms with E-state index in [-0.39, 0.29) is 11.4 Å². The third kappa shape index (κ3) is 3.57. The van der Waals surface area contributed by atoms with Gasteiger partial charge in [0.15, 0.2) is 0 Å². The van der Waals surface area contributed by atoms with E-state index < -0.39 is 16.0 Å². The molecule has 0 amide bonds. The molecular weight excluding hydrogens is 282 g/mol. The number of aliphatic carboxylic acids is 1. The molecule has 1 aliphatic carbocycles. The van der Waals surface area contributed by atoms with Crippen molar-refractivity contribution in [2.75, 3.05) is 6.54 Å². The molecule has 1 fully saturated rings. The SMILES string of the molecule is CC1CCCC1CNS(=O)(=O)c1cnn(CC(=O)O)c1. The van der Waals surface area contributed by atoms with Crippen LogP contribution in [0.2, 0.25) is 0 Å². The van der Waals surface area contributed by atoms with Gasteiger partial charge in [-0.25, -0.2) is 13.1 Å². The van der Waals surface area contributed by atoms with Crippen LogP contribution in [0.1, 0.15) is 26.2 Å². The first-order valence-electron chi connectivity index (χ1n) is 6.62. The summed E-state index contributed by atoms with van der Waals surface area (Å²) in [5, 5.41) is 12.4. The summed E-state index contributed by atoms with van der Waals surface area (Å²) in [6.07, 6.45) is 5.73. The van der Waals surface area contributed by atoms with Crippen LogP contribution in [0.4, 0.5) is 0 Å². The maximum atomic E-state index is 12.1. The van der Waals surface area contributed by atoms with Gasteiger partial charge in [0.2, 0.25) is 10.0 Å². The van der Waals surface area contributed by atoms with Crippen molar-refractivity contribution in [3.8, 4) is 0 Å². The van der Waals surface area contributed by atoms with Gasteiger partial charge in [-0.2, -0.15) is 5.10 Å². The van der Waals surface area contributed by atoms with Gasteiger partial charge in [-0.15, -0.1) is 0 Å². The summed E-state index contributed by atoms with van der Waals surface area (Å²) in [5.74, 6) is -0.156. The number of nitrogens with one attached hydrogen (secondary N) is 1. The molecule has 0 bridgehead atoms. The summed E-state index contributed by atoms with van der Waals surface area (Å²) >= 11 is 0. The molecule has 2 atom stereocenters. The number of nitrogens with zero attached hydrogens (tertiary/aromatic N) is 2. The van der Waals surface area contributed by atoms with Gasteiger partial charge in [0.1, 0.15) is 11.4 Å². The van der Waals surface area contributed by atoms with Crippen LogP contribution in [0.3, 0.4) is 0 Å². The van der Waals surface area contributed by atoms with Crippen LogP contribution in [-0.4, -0.2) is 35.8 Å². The van der Waals surface area contributed by atoms with Crippen LogP contribution in [0.5, 0.6) is 0 Å². The maximum Gasteiger partial charge on any atom is 0.325 e. The van der Waals surface area contributed by atoms with Crippen molar-refractivity contribution in [1.29, 1.82) is 0 Å². The number of hydrogen-bond acceptors (Lipinski definition) is 4. The van der Waals surface area contributed by atoms with E-state index in [0.29, 0.717) is 18.4 Å². The smallest absolute Gasteiger partial charge is 0.325 e. The average Bonchev–Trinajstić information content (AvgIpc) is 2.95. The molecule has 2 unspecified atom stereocenters. The fraction of sp³-hybridized carbons (Fsp3) is 0.667. The summed E-state index contributed by atoms with van der Waals surface area (Å²) in [4.78, 5) is 10.5. The number of hydrogen-bond donors (Lipinski definition) is 2. The highest BCUT2D eigenvalue weighted by atomic mass is 32.2. The van der Waals surface area contributed by atoms with Gasteiger partial charge in [-0.3, -0.25) is 9.48 Å². The van der Waals surface area contributed by atoms with Gasteiger partial charge in [0.25, 0.3) is 0 Å². The molecule has 1 aromatic rings. The second-order valence-electron chi connectivity index (χ2n) is 5.29. The second-order valence-corrected chi connectivity index (χ2v) is 7.05. The van der Waals surface area contributed by atoms with Gasteiger partial charge in [0.05, 0.1) is 6.20 Å². The van der Waals surface area contributed by atoms with E-state index in [1.54, 1.807) is 0 Å². The third-order valence-corrected chi connectivity index (χ3v) is 5.17. The lowest BCUT2D eigenvalue weighted by Crippen LogP contribution is -2.30. The van der Waals surface area contributed by atoms with Crippen LogP contribution in [0, 0.1) is 11.8 Å². The number of carbonyl (C=O) groups is 1. The third-order valence-electron chi connectivity index (χ3n) is 3.79. The van der Waals surface area contributed by atoms with Crippen molar-refractivity contribution in [2.45, 2.75) is 37.6 Å². The molecule has 1 aliphatic rings. The quantitative estimate of drug-likeness (QED) is 0.804. The van der Waals surface area contributed by atoms with E-state index in [9.17, 15) is 13.2 Å². The molecular formula is C12H19N3O4S. The fourth-order valence-corrected chi connectivity index (χ4v) is 3.58. The standard InChI is InChI=1S/C12H19N3O4S/c1-9-3-2-4-10(9)5-14-20(18,19)11-6-13-15(7-11)8-12(16)17/h6-7,9-10,14H,2-5,8H2,1H3,(H,16,17). The van der Waals surface area contributed by atoms with E-state index in [4.69, 9.17) is 5.11 Å². The molecule has 2 rings (SSSR count). The van der Waals surface area contributed by atoms with Crippen LogP contribution in [0.25, 0.3) is 0 Å². The Kier molecular flexibility index (Phi) is 4.44. The summed E-state index contributed by atoms with van der Waals surface area (Å²) in [6.45, 7) is 2.21. The van der Waals surface area contributed by atoms with E-state index in [0.717, 1.165) is 23.9 Å². The zero-order valence-electron chi connectivity index (χ0n) is 11.3. The first-order valence-corrected chi connectivity index (χ1v) is 8.10. The molecule has 1 heterocycles. The van der Waals surface area contributed by atoms with Crippen LogP contribution in [0.15, 0.2) is 17.3 Å². The zero-order chi connectivity index (χ0) is 14.8. The Balaban J connectivity index is 1.99. The Morgan fingerprint density at radius 2 is 2.30 bits per heavy atom. The minimum atomic E-state index is -3.61. The van der Waals surface area contributed by atoms with Gasteiger partial charge in [0, 0.05) is 12.7 Å². The first kappa shape index (κ1) is 15.0. The normalized spacial score (nSPS) is 23.1. The lowest BCUT2D eigenvalue weighted by molar-refractivity contribution is -0.137. The largest absolute Gasteiger partial charge is 0.480 e. The van der Waals surface area contributed by atoms with Gasteiger partial charge < -0.3 is 5.11 Å². The minimum Gasteiger partial charge on any atom is -0.480 e. The van der Waals surface area contributed by atoms with Gasteiger partial charge in [-0.1, -0.05) is 19.8 Å². The lowest BCUT2D eigenvalue weighted by atomic mass is 9.99. The van der Waals surface area contributed by atoms with Crippen LogP contribution < -0.4 is 4.72 Å². The highest BCUT2D eigenvalue weighted by Crippen LogP contribution is 2.30. The molecule has 0 saturated heterocycles. The predicted octanol–water partition coefficient (Wildman–Crippen LogP) is 0.682. The topological polar surface area (TPSA) is 101 Å². The monoisotopic (exact) mass is 301 g/mol. The lowest BCUT2D eigenvalue weighted by Gasteiger charge is -2.15. The maximum absolute atomic E-state index is 12.1. The van der Waals surface area contributed by atoms with Crippen molar-refractivity contribution < 1.29 is 18.3 Å². The van der Waals surface area contributed by atoms with E-state index in [1.165, 1.54) is 12.4 Å². The molecule has 7 nitrogen and oxygen atoms in total. The molecule has 0 aliphatic heterocycles. The Bertz CT molecular complexity index is 581. The molecule has 1 aromatic heterocycles. The molecule has 0 radical (unpaired) electrons. The predicted molar refractivity (Wildman–Crippen MR) is 71.6 cm³/mol. The Labute approximate surface area is 118 Å². The number of sulfonamides is 1. The summed E-state index contributed by atoms with van der Waals surface area (Å²) < 4.78 is 27.8. The highest BCUT2D eigenvalue weighted by Gasteiger charge is 2.25. The Morgan fingerprint density at radius 1 is 1.55 bits per heavy atom. The van der Waals surface area contributed by atoms with Crippen molar-refractivity contribution in [2.24, 2.45) is 11.8 Å². The summed E-state index contributed by atoms with van der Waals surface area (Å²) in [7, 11) is -3.61. The highest BCUT2D eigenvalue weighted by molar-refractivity contribution is 7.89. The molecule has 0 aromatic carbocycles. The van der Waals surface area contributed by atoms with Crippen LogP contribution in [-0.2, 0) is 21.4 Å². The second kappa shape index (κ2) is 5.92. The van der Waals surface area contributed by atoms with Crippen molar-refractivity contribution in [1.82, 2.24) is 14.5 Å². The molecule has 8 heteroatoms. The summed E-state index contributed by atoms with van der Waals surface area (Å²) in [5.41, 5.74) is 0. The Morgan fingerprint density at radius 3 is 2.90 bits per heavy atom. The van der Waals surface area contributed by atoms with Gasteiger partial charge in [-0.05, 0) is 18.3 Å².